The van der Waals surface area contributed by atoms with E-state index in [1.165, 1.54) is 0 Å². The fourth-order valence-corrected chi connectivity index (χ4v) is 3.63. The highest BCUT2D eigenvalue weighted by atomic mass is 16.3. The lowest BCUT2D eigenvalue weighted by Crippen LogP contribution is -2.26. The second kappa shape index (κ2) is 6.36. The van der Waals surface area contributed by atoms with Crippen LogP contribution in [0.15, 0.2) is 71.5 Å². The zero-order valence-corrected chi connectivity index (χ0v) is 14.6. The minimum atomic E-state index is 0.0287. The summed E-state index contributed by atoms with van der Waals surface area (Å²) in [6, 6.07) is 15.7. The highest BCUT2D eigenvalue weighted by Gasteiger charge is 2.31. The molecule has 0 saturated heterocycles. The number of benzene rings is 1. The molecule has 0 N–H and O–H groups in total. The number of amides is 1. The van der Waals surface area contributed by atoms with Gasteiger partial charge in [0, 0.05) is 36.9 Å². The van der Waals surface area contributed by atoms with Gasteiger partial charge in [0.1, 0.15) is 11.3 Å². The van der Waals surface area contributed by atoms with E-state index in [0.717, 1.165) is 33.6 Å². The third kappa shape index (κ3) is 2.77. The number of carbonyl (C=O) groups excluding carboxylic acids is 1. The summed E-state index contributed by atoms with van der Waals surface area (Å²) in [6.45, 7) is 1.14. The van der Waals surface area contributed by atoms with Crippen LogP contribution >= 0.6 is 0 Å². The quantitative estimate of drug-likeness (QED) is 0.553. The van der Waals surface area contributed by atoms with Crippen molar-refractivity contribution in [1.82, 2.24) is 14.9 Å². The van der Waals surface area contributed by atoms with Crippen molar-refractivity contribution in [2.45, 2.75) is 13.0 Å². The first-order valence-electron chi connectivity index (χ1n) is 8.94. The second-order valence-electron chi connectivity index (χ2n) is 6.64. The summed E-state index contributed by atoms with van der Waals surface area (Å²) in [7, 11) is 0. The fraction of sp³-hybridized carbons (Fsp3) is 0.136. The molecule has 4 heterocycles. The zero-order chi connectivity index (χ0) is 18.2. The molecule has 0 aliphatic carbocycles. The second-order valence-corrected chi connectivity index (χ2v) is 6.64. The van der Waals surface area contributed by atoms with Crippen LogP contribution in [0.1, 0.15) is 21.8 Å². The number of pyridine rings is 2. The van der Waals surface area contributed by atoms with Crippen LogP contribution in [0.2, 0.25) is 0 Å². The fourth-order valence-electron chi connectivity index (χ4n) is 3.63. The molecule has 1 amide bonds. The Kier molecular flexibility index (Phi) is 3.71. The first kappa shape index (κ1) is 15.8. The van der Waals surface area contributed by atoms with Gasteiger partial charge in [0.05, 0.1) is 17.8 Å². The zero-order valence-electron chi connectivity index (χ0n) is 14.6. The van der Waals surface area contributed by atoms with Gasteiger partial charge in [-0.3, -0.25) is 14.8 Å². The van der Waals surface area contributed by atoms with E-state index in [2.05, 4.69) is 9.97 Å². The predicted molar refractivity (Wildman–Crippen MR) is 102 cm³/mol. The van der Waals surface area contributed by atoms with Gasteiger partial charge in [-0.2, -0.15) is 0 Å². The van der Waals surface area contributed by atoms with Crippen molar-refractivity contribution < 1.29 is 9.21 Å². The van der Waals surface area contributed by atoms with Crippen LogP contribution in [-0.4, -0.2) is 27.3 Å². The summed E-state index contributed by atoms with van der Waals surface area (Å²) in [6.07, 6.45) is 5.92. The summed E-state index contributed by atoms with van der Waals surface area (Å²) < 4.78 is 5.87. The van der Waals surface area contributed by atoms with E-state index in [-0.39, 0.29) is 5.91 Å². The molecule has 0 spiro atoms. The van der Waals surface area contributed by atoms with Gasteiger partial charge < -0.3 is 9.32 Å². The van der Waals surface area contributed by atoms with E-state index in [9.17, 15) is 4.79 Å². The van der Waals surface area contributed by atoms with Gasteiger partial charge in [-0.25, -0.2) is 0 Å². The number of para-hydroxylation sites is 1. The van der Waals surface area contributed by atoms with Gasteiger partial charge in [0.2, 0.25) is 0 Å². The molecule has 1 aromatic carbocycles. The number of hydrogen-bond acceptors (Lipinski definition) is 4. The van der Waals surface area contributed by atoms with E-state index in [0.29, 0.717) is 25.1 Å². The molecule has 132 valence electrons. The molecule has 0 bridgehead atoms. The first-order chi connectivity index (χ1) is 13.3. The van der Waals surface area contributed by atoms with Crippen LogP contribution in [0.3, 0.4) is 0 Å². The van der Waals surface area contributed by atoms with Crippen molar-refractivity contribution in [2.75, 3.05) is 6.54 Å². The molecule has 27 heavy (non-hydrogen) atoms. The lowest BCUT2D eigenvalue weighted by Gasteiger charge is -2.14. The third-order valence-corrected chi connectivity index (χ3v) is 4.97. The lowest BCUT2D eigenvalue weighted by atomic mass is 10.0. The molecule has 1 aliphatic rings. The average molecular weight is 355 g/mol. The molecular weight excluding hydrogens is 338 g/mol. The Labute approximate surface area is 156 Å². The summed E-state index contributed by atoms with van der Waals surface area (Å²) in [5.74, 6) is 0.920. The molecular formula is C22H17N3O2. The molecule has 0 unspecified atom stereocenters. The van der Waals surface area contributed by atoms with Crippen molar-refractivity contribution in [3.63, 3.8) is 0 Å². The van der Waals surface area contributed by atoms with Crippen LogP contribution in [0, 0.1) is 0 Å². The molecule has 0 radical (unpaired) electrons. The van der Waals surface area contributed by atoms with Gasteiger partial charge in [-0.1, -0.05) is 18.2 Å². The topological polar surface area (TPSA) is 59.2 Å². The van der Waals surface area contributed by atoms with Crippen molar-refractivity contribution in [2.24, 2.45) is 0 Å². The number of furan rings is 1. The Morgan fingerprint density at radius 1 is 1.04 bits per heavy atom. The Morgan fingerprint density at radius 3 is 2.74 bits per heavy atom. The minimum absolute atomic E-state index is 0.0287. The Morgan fingerprint density at radius 2 is 1.89 bits per heavy atom. The number of nitrogens with zero attached hydrogens (tertiary/aromatic N) is 3. The van der Waals surface area contributed by atoms with Crippen LogP contribution in [-0.2, 0) is 13.0 Å². The van der Waals surface area contributed by atoms with Crippen LogP contribution in [0.4, 0.5) is 0 Å². The van der Waals surface area contributed by atoms with Crippen LogP contribution in [0.25, 0.3) is 22.1 Å². The summed E-state index contributed by atoms with van der Waals surface area (Å²) in [4.78, 5) is 23.4. The minimum Gasteiger partial charge on any atom is -0.461 e. The predicted octanol–water partition coefficient (Wildman–Crippen LogP) is 4.09. The van der Waals surface area contributed by atoms with E-state index in [1.807, 2.05) is 53.4 Å². The van der Waals surface area contributed by atoms with Gasteiger partial charge in [0.25, 0.3) is 5.91 Å². The number of rotatable bonds is 4. The van der Waals surface area contributed by atoms with Crippen molar-refractivity contribution in [1.29, 1.82) is 0 Å². The smallest absolute Gasteiger partial charge is 0.256 e. The van der Waals surface area contributed by atoms with Gasteiger partial charge in [-0.05, 0) is 41.5 Å². The molecule has 5 heteroatoms. The normalized spacial score (nSPS) is 13.3. The average Bonchev–Trinajstić information content (AvgIpc) is 3.27. The Balaban J connectivity index is 1.39. The van der Waals surface area contributed by atoms with E-state index < -0.39 is 0 Å². The van der Waals surface area contributed by atoms with Crippen molar-refractivity contribution in [3.05, 3.63) is 84.1 Å². The van der Waals surface area contributed by atoms with Crippen molar-refractivity contribution in [3.8, 4) is 11.1 Å². The van der Waals surface area contributed by atoms with E-state index >= 15 is 0 Å². The lowest BCUT2D eigenvalue weighted by molar-refractivity contribution is 0.0779. The van der Waals surface area contributed by atoms with Crippen LogP contribution in [0.5, 0.6) is 0 Å². The monoisotopic (exact) mass is 355 g/mol. The largest absolute Gasteiger partial charge is 0.461 e. The molecule has 5 nitrogen and oxygen atoms in total. The SMILES string of the molecule is O=C1c2c(-c3ccncc3)ccnc2CN1CCc1cc2ccccc2o1. The molecule has 0 fully saturated rings. The highest BCUT2D eigenvalue weighted by molar-refractivity contribution is 6.04. The first-order valence-corrected chi connectivity index (χ1v) is 8.94. The van der Waals surface area contributed by atoms with E-state index in [4.69, 9.17) is 4.42 Å². The molecule has 1 aliphatic heterocycles. The van der Waals surface area contributed by atoms with Gasteiger partial charge in [-0.15, -0.1) is 0 Å². The maximum absolute atomic E-state index is 13.0. The maximum atomic E-state index is 13.0. The summed E-state index contributed by atoms with van der Waals surface area (Å²) >= 11 is 0. The molecule has 0 saturated carbocycles. The molecule has 5 rings (SSSR count). The molecule has 4 aromatic rings. The summed E-state index contributed by atoms with van der Waals surface area (Å²) in [5.41, 5.74) is 4.31. The maximum Gasteiger partial charge on any atom is 0.256 e. The van der Waals surface area contributed by atoms with Crippen molar-refractivity contribution >= 4 is 16.9 Å². The third-order valence-electron chi connectivity index (χ3n) is 4.97. The number of fused-ring (bicyclic) bond motifs is 2. The molecule has 3 aromatic heterocycles. The van der Waals surface area contributed by atoms with Gasteiger partial charge >= 0.3 is 0 Å². The highest BCUT2D eigenvalue weighted by Crippen LogP contribution is 2.31. The molecule has 0 atom stereocenters. The Bertz CT molecular complexity index is 1100. The number of carbonyl (C=O) groups is 1. The number of hydrogen-bond donors (Lipinski definition) is 0. The van der Waals surface area contributed by atoms with Crippen LogP contribution < -0.4 is 0 Å². The Hall–Kier alpha value is -3.47. The van der Waals surface area contributed by atoms with Gasteiger partial charge in [0.15, 0.2) is 0 Å². The van der Waals surface area contributed by atoms with E-state index in [1.54, 1.807) is 18.6 Å². The summed E-state index contributed by atoms with van der Waals surface area (Å²) in [5, 5.41) is 1.09. The standard InChI is InChI=1S/C22H17N3O2/c26-22-21-18(15-5-9-23-10-6-15)7-11-24-19(21)14-25(22)12-8-17-13-16-3-1-2-4-20(16)27-17/h1-7,9-11,13H,8,12,14H2. The number of aromatic nitrogens is 2.